The summed E-state index contributed by atoms with van der Waals surface area (Å²) in [7, 11) is 0. The highest BCUT2D eigenvalue weighted by atomic mass is 35.5. The zero-order valence-corrected chi connectivity index (χ0v) is 10.1. The molecule has 2 N–H and O–H groups in total. The van der Waals surface area contributed by atoms with Crippen molar-refractivity contribution in [2.24, 2.45) is 0 Å². The maximum Gasteiger partial charge on any atom is 0.391 e. The van der Waals surface area contributed by atoms with Crippen molar-refractivity contribution < 1.29 is 23.1 Å². The number of carbonyl (C=O) groups is 1. The molecule has 0 aliphatic rings. The number of alkyl halides is 3. The maximum absolute atomic E-state index is 12.1. The first kappa shape index (κ1) is 14.6. The summed E-state index contributed by atoms with van der Waals surface area (Å²) in [4.78, 5) is 11.6. The molecule has 100 valence electrons. The average Bonchev–Trinajstić information content (AvgIpc) is 2.13. The molecule has 1 atom stereocenters. The fourth-order valence-electron chi connectivity index (χ4n) is 1.40. The summed E-state index contributed by atoms with van der Waals surface area (Å²) in [5.41, 5.74) is -0.117. The monoisotopic (exact) mass is 281 g/mol. The Morgan fingerprint density at radius 2 is 2.11 bits per heavy atom. The van der Waals surface area contributed by atoms with Crippen molar-refractivity contribution in [3.05, 3.63) is 28.8 Å². The van der Waals surface area contributed by atoms with Crippen LogP contribution in [0.5, 0.6) is 5.75 Å². The van der Waals surface area contributed by atoms with Crippen LogP contribution in [0.4, 0.5) is 13.2 Å². The van der Waals surface area contributed by atoms with Gasteiger partial charge in [0.1, 0.15) is 5.75 Å². The molecule has 0 bridgehead atoms. The van der Waals surface area contributed by atoms with Crippen molar-refractivity contribution in [1.82, 2.24) is 5.32 Å². The topological polar surface area (TPSA) is 49.3 Å². The van der Waals surface area contributed by atoms with Crippen molar-refractivity contribution in [3.8, 4) is 5.75 Å². The van der Waals surface area contributed by atoms with E-state index in [0.717, 1.165) is 6.07 Å². The number of halogens is 4. The van der Waals surface area contributed by atoms with E-state index in [4.69, 9.17) is 11.6 Å². The van der Waals surface area contributed by atoms with E-state index in [2.05, 4.69) is 5.32 Å². The first-order valence-electron chi connectivity index (χ1n) is 5.05. The zero-order valence-electron chi connectivity index (χ0n) is 9.38. The second-order valence-corrected chi connectivity index (χ2v) is 4.29. The number of hydrogen-bond acceptors (Lipinski definition) is 2. The van der Waals surface area contributed by atoms with Gasteiger partial charge in [-0.3, -0.25) is 4.79 Å². The van der Waals surface area contributed by atoms with Crippen molar-refractivity contribution in [3.63, 3.8) is 0 Å². The molecule has 1 unspecified atom stereocenters. The van der Waals surface area contributed by atoms with Crippen LogP contribution in [0.1, 0.15) is 23.7 Å². The molecule has 1 amide bonds. The third-order valence-corrected chi connectivity index (χ3v) is 2.35. The lowest BCUT2D eigenvalue weighted by molar-refractivity contribution is -0.138. The molecule has 0 fully saturated rings. The van der Waals surface area contributed by atoms with E-state index in [1.54, 1.807) is 0 Å². The molecule has 1 rings (SSSR count). The summed E-state index contributed by atoms with van der Waals surface area (Å²) in [5, 5.41) is 11.8. The summed E-state index contributed by atoms with van der Waals surface area (Å²) in [5.74, 6) is -1.15. The Kier molecular flexibility index (Phi) is 4.45. The Hall–Kier alpha value is -1.43. The highest BCUT2D eigenvalue weighted by Gasteiger charge is 2.30. The minimum Gasteiger partial charge on any atom is -0.507 e. The van der Waals surface area contributed by atoms with Crippen LogP contribution in [0.15, 0.2) is 18.2 Å². The van der Waals surface area contributed by atoms with Crippen LogP contribution in [0.3, 0.4) is 0 Å². The smallest absolute Gasteiger partial charge is 0.391 e. The van der Waals surface area contributed by atoms with Gasteiger partial charge in [-0.25, -0.2) is 0 Å². The van der Waals surface area contributed by atoms with Gasteiger partial charge in [-0.15, -0.1) is 0 Å². The first-order valence-corrected chi connectivity index (χ1v) is 5.43. The largest absolute Gasteiger partial charge is 0.507 e. The molecule has 3 nitrogen and oxygen atoms in total. The predicted octanol–water partition coefficient (Wildman–Crippen LogP) is 3.12. The van der Waals surface area contributed by atoms with Gasteiger partial charge in [0.05, 0.1) is 12.0 Å². The normalized spacial score (nSPS) is 13.2. The Morgan fingerprint density at radius 1 is 1.50 bits per heavy atom. The van der Waals surface area contributed by atoms with Crippen LogP contribution in [-0.4, -0.2) is 23.2 Å². The Morgan fingerprint density at radius 3 is 2.61 bits per heavy atom. The van der Waals surface area contributed by atoms with Crippen molar-refractivity contribution in [2.45, 2.75) is 25.6 Å². The molecule has 0 aliphatic carbocycles. The van der Waals surface area contributed by atoms with Gasteiger partial charge >= 0.3 is 6.18 Å². The SMILES string of the molecule is CC(CC(F)(F)F)NC(=O)c1ccc(Cl)cc1O. The number of phenolic OH excluding ortho intramolecular Hbond substituents is 1. The lowest BCUT2D eigenvalue weighted by Crippen LogP contribution is -2.35. The summed E-state index contributed by atoms with van der Waals surface area (Å²) < 4.78 is 36.2. The molecule has 0 radical (unpaired) electrons. The fraction of sp³-hybridized carbons (Fsp3) is 0.364. The lowest BCUT2D eigenvalue weighted by atomic mass is 10.1. The van der Waals surface area contributed by atoms with Gasteiger partial charge in [0.15, 0.2) is 0 Å². The Labute approximate surface area is 107 Å². The van der Waals surface area contributed by atoms with Crippen molar-refractivity contribution >= 4 is 17.5 Å². The molecular formula is C11H11ClF3NO2. The second kappa shape index (κ2) is 5.48. The molecule has 0 aliphatic heterocycles. The van der Waals surface area contributed by atoms with E-state index in [9.17, 15) is 23.1 Å². The van der Waals surface area contributed by atoms with E-state index in [1.165, 1.54) is 19.1 Å². The van der Waals surface area contributed by atoms with Gasteiger partial charge in [0.2, 0.25) is 0 Å². The summed E-state index contributed by atoms with van der Waals surface area (Å²) >= 11 is 5.57. The summed E-state index contributed by atoms with van der Waals surface area (Å²) in [6, 6.07) is 2.68. The number of amides is 1. The van der Waals surface area contributed by atoms with E-state index in [1.807, 2.05) is 0 Å². The standard InChI is InChI=1S/C11H11ClF3NO2/c1-6(5-11(13,14)15)16-10(18)8-3-2-7(12)4-9(8)17/h2-4,6,17H,5H2,1H3,(H,16,18). The number of hydrogen-bond donors (Lipinski definition) is 2. The number of benzene rings is 1. The van der Waals surface area contributed by atoms with Crippen LogP contribution in [0, 0.1) is 0 Å². The zero-order chi connectivity index (χ0) is 13.9. The molecule has 0 saturated heterocycles. The molecule has 18 heavy (non-hydrogen) atoms. The summed E-state index contributed by atoms with van der Waals surface area (Å²) in [6.07, 6.45) is -5.48. The average molecular weight is 282 g/mol. The molecule has 1 aromatic carbocycles. The van der Waals surface area contributed by atoms with E-state index < -0.39 is 24.5 Å². The molecule has 0 spiro atoms. The molecule has 1 aromatic rings. The fourth-order valence-corrected chi connectivity index (χ4v) is 1.56. The van der Waals surface area contributed by atoms with E-state index in [0.29, 0.717) is 0 Å². The van der Waals surface area contributed by atoms with Gasteiger partial charge in [-0.2, -0.15) is 13.2 Å². The third-order valence-electron chi connectivity index (χ3n) is 2.12. The van der Waals surface area contributed by atoms with E-state index in [-0.39, 0.29) is 16.3 Å². The number of carbonyl (C=O) groups excluding carboxylic acids is 1. The van der Waals surface area contributed by atoms with Gasteiger partial charge in [-0.1, -0.05) is 11.6 Å². The Bertz CT molecular complexity index is 448. The number of rotatable bonds is 3. The van der Waals surface area contributed by atoms with Crippen LogP contribution < -0.4 is 5.32 Å². The van der Waals surface area contributed by atoms with Gasteiger partial charge in [0.25, 0.3) is 5.91 Å². The maximum atomic E-state index is 12.1. The van der Waals surface area contributed by atoms with Gasteiger partial charge in [-0.05, 0) is 25.1 Å². The lowest BCUT2D eigenvalue weighted by Gasteiger charge is -2.16. The molecule has 0 heterocycles. The van der Waals surface area contributed by atoms with Gasteiger partial charge < -0.3 is 10.4 Å². The minimum absolute atomic E-state index is 0.117. The quantitative estimate of drug-likeness (QED) is 0.894. The van der Waals surface area contributed by atoms with Crippen molar-refractivity contribution in [2.75, 3.05) is 0 Å². The second-order valence-electron chi connectivity index (χ2n) is 3.86. The minimum atomic E-state index is -4.35. The first-order chi connectivity index (χ1) is 8.19. The number of phenols is 1. The molecule has 7 heteroatoms. The van der Waals surface area contributed by atoms with Crippen LogP contribution >= 0.6 is 11.6 Å². The van der Waals surface area contributed by atoms with E-state index >= 15 is 0 Å². The third kappa shape index (κ3) is 4.44. The predicted molar refractivity (Wildman–Crippen MR) is 60.7 cm³/mol. The number of nitrogens with one attached hydrogen (secondary N) is 1. The summed E-state index contributed by atoms with van der Waals surface area (Å²) in [6.45, 7) is 1.23. The number of aromatic hydroxyl groups is 1. The molecule has 0 aromatic heterocycles. The van der Waals surface area contributed by atoms with Crippen LogP contribution in [0.2, 0.25) is 5.02 Å². The highest BCUT2D eigenvalue weighted by Crippen LogP contribution is 2.24. The Balaban J connectivity index is 2.71. The molecule has 0 saturated carbocycles. The van der Waals surface area contributed by atoms with Crippen LogP contribution in [0.25, 0.3) is 0 Å². The van der Waals surface area contributed by atoms with Crippen molar-refractivity contribution in [1.29, 1.82) is 0 Å². The van der Waals surface area contributed by atoms with Crippen LogP contribution in [-0.2, 0) is 0 Å². The van der Waals surface area contributed by atoms with Gasteiger partial charge in [0, 0.05) is 11.1 Å². The highest BCUT2D eigenvalue weighted by molar-refractivity contribution is 6.30. The molecular weight excluding hydrogens is 271 g/mol.